The largest absolute Gasteiger partial charge is 0.364 e. The predicted molar refractivity (Wildman–Crippen MR) is 70.2 cm³/mol. The SMILES string of the molecule is NC(=O)c1ccn(-c2nnc(Cl)c3ccccc23)n1. The van der Waals surface area contributed by atoms with Gasteiger partial charge in [-0.05, 0) is 6.07 Å². The Kier molecular flexibility index (Phi) is 2.64. The zero-order valence-corrected chi connectivity index (χ0v) is 10.4. The van der Waals surface area contributed by atoms with Crippen LogP contribution in [-0.2, 0) is 0 Å². The summed E-state index contributed by atoms with van der Waals surface area (Å²) in [7, 11) is 0. The van der Waals surface area contributed by atoms with Gasteiger partial charge in [0.1, 0.15) is 5.69 Å². The van der Waals surface area contributed by atoms with Crippen molar-refractivity contribution in [2.45, 2.75) is 0 Å². The van der Waals surface area contributed by atoms with Crippen LogP contribution in [-0.4, -0.2) is 25.9 Å². The summed E-state index contributed by atoms with van der Waals surface area (Å²) < 4.78 is 1.45. The van der Waals surface area contributed by atoms with Gasteiger partial charge in [-0.25, -0.2) is 4.68 Å². The van der Waals surface area contributed by atoms with E-state index in [2.05, 4.69) is 15.3 Å². The fourth-order valence-electron chi connectivity index (χ4n) is 1.80. The molecule has 94 valence electrons. The summed E-state index contributed by atoms with van der Waals surface area (Å²) >= 11 is 5.99. The van der Waals surface area contributed by atoms with Crippen molar-refractivity contribution >= 4 is 28.3 Å². The average molecular weight is 274 g/mol. The number of rotatable bonds is 2. The van der Waals surface area contributed by atoms with Crippen LogP contribution in [0.5, 0.6) is 0 Å². The Morgan fingerprint density at radius 2 is 1.89 bits per heavy atom. The van der Waals surface area contributed by atoms with Gasteiger partial charge in [0.2, 0.25) is 0 Å². The molecule has 0 saturated carbocycles. The number of aromatic nitrogens is 4. The van der Waals surface area contributed by atoms with Gasteiger partial charge in [0.25, 0.3) is 5.91 Å². The van der Waals surface area contributed by atoms with Crippen molar-refractivity contribution in [3.63, 3.8) is 0 Å². The number of fused-ring (bicyclic) bond motifs is 1. The maximum Gasteiger partial charge on any atom is 0.269 e. The van der Waals surface area contributed by atoms with Gasteiger partial charge in [0, 0.05) is 17.0 Å². The number of nitrogens with zero attached hydrogens (tertiary/aromatic N) is 4. The molecule has 0 aliphatic carbocycles. The number of halogens is 1. The van der Waals surface area contributed by atoms with Gasteiger partial charge >= 0.3 is 0 Å². The summed E-state index contributed by atoms with van der Waals surface area (Å²) in [4.78, 5) is 11.1. The van der Waals surface area contributed by atoms with E-state index in [0.717, 1.165) is 10.8 Å². The summed E-state index contributed by atoms with van der Waals surface area (Å²) in [6.07, 6.45) is 1.60. The topological polar surface area (TPSA) is 86.7 Å². The minimum atomic E-state index is -0.593. The fourth-order valence-corrected chi connectivity index (χ4v) is 2.00. The Morgan fingerprint density at radius 3 is 2.58 bits per heavy atom. The van der Waals surface area contributed by atoms with Crippen LogP contribution >= 0.6 is 11.6 Å². The highest BCUT2D eigenvalue weighted by Crippen LogP contribution is 2.24. The zero-order chi connectivity index (χ0) is 13.4. The van der Waals surface area contributed by atoms with Crippen LogP contribution < -0.4 is 5.73 Å². The molecule has 2 aromatic heterocycles. The molecule has 0 bridgehead atoms. The number of amides is 1. The molecule has 0 atom stereocenters. The first kappa shape index (κ1) is 11.6. The Morgan fingerprint density at radius 1 is 1.16 bits per heavy atom. The van der Waals surface area contributed by atoms with Crippen molar-refractivity contribution in [3.05, 3.63) is 47.4 Å². The standard InChI is InChI=1S/C12H8ClN5O/c13-10-7-3-1-2-4-8(7)12(16-15-10)18-6-5-9(17-18)11(14)19/h1-6H,(H2,14,19). The molecule has 0 saturated heterocycles. The maximum absolute atomic E-state index is 11.1. The first-order valence-corrected chi connectivity index (χ1v) is 5.81. The second kappa shape index (κ2) is 4.33. The van der Waals surface area contributed by atoms with E-state index >= 15 is 0 Å². The van der Waals surface area contributed by atoms with Crippen molar-refractivity contribution in [3.8, 4) is 5.82 Å². The van der Waals surface area contributed by atoms with Crippen molar-refractivity contribution in [1.29, 1.82) is 0 Å². The maximum atomic E-state index is 11.1. The number of carbonyl (C=O) groups excluding carboxylic acids is 1. The van der Waals surface area contributed by atoms with E-state index in [1.807, 2.05) is 24.3 Å². The average Bonchev–Trinajstić information content (AvgIpc) is 2.89. The second-order valence-electron chi connectivity index (χ2n) is 3.87. The number of hydrogen-bond donors (Lipinski definition) is 1. The normalized spacial score (nSPS) is 10.8. The zero-order valence-electron chi connectivity index (χ0n) is 9.62. The Balaban J connectivity index is 2.24. The van der Waals surface area contributed by atoms with Gasteiger partial charge in [-0.3, -0.25) is 4.79 Å². The number of primary amides is 1. The fraction of sp³-hybridized carbons (Fsp3) is 0. The first-order valence-electron chi connectivity index (χ1n) is 5.43. The Labute approximate surface area is 112 Å². The molecule has 3 aromatic rings. The molecule has 0 spiro atoms. The van der Waals surface area contributed by atoms with E-state index in [4.69, 9.17) is 17.3 Å². The van der Waals surface area contributed by atoms with Gasteiger partial charge in [0.15, 0.2) is 11.0 Å². The molecule has 2 N–H and O–H groups in total. The highest BCUT2D eigenvalue weighted by atomic mass is 35.5. The number of nitrogens with two attached hydrogens (primary N) is 1. The lowest BCUT2D eigenvalue weighted by molar-refractivity contribution is 0.0995. The molecular weight excluding hydrogens is 266 g/mol. The monoisotopic (exact) mass is 273 g/mol. The molecule has 0 aliphatic heterocycles. The van der Waals surface area contributed by atoms with E-state index < -0.39 is 5.91 Å². The molecule has 1 amide bonds. The van der Waals surface area contributed by atoms with Crippen LogP contribution in [0.4, 0.5) is 0 Å². The summed E-state index contributed by atoms with van der Waals surface area (Å²) in [5, 5.41) is 13.8. The summed E-state index contributed by atoms with van der Waals surface area (Å²) in [5.41, 5.74) is 5.34. The van der Waals surface area contributed by atoms with E-state index in [1.54, 1.807) is 6.20 Å². The number of carbonyl (C=O) groups is 1. The van der Waals surface area contributed by atoms with E-state index in [-0.39, 0.29) is 5.69 Å². The highest BCUT2D eigenvalue weighted by Gasteiger charge is 2.12. The number of hydrogen-bond acceptors (Lipinski definition) is 4. The molecule has 2 heterocycles. The van der Waals surface area contributed by atoms with E-state index in [9.17, 15) is 4.79 Å². The quantitative estimate of drug-likeness (QED) is 0.768. The minimum absolute atomic E-state index is 0.167. The van der Waals surface area contributed by atoms with Crippen LogP contribution in [0.3, 0.4) is 0 Å². The molecule has 0 unspecified atom stereocenters. The Hall–Kier alpha value is -2.47. The van der Waals surface area contributed by atoms with Gasteiger partial charge in [-0.1, -0.05) is 35.9 Å². The van der Waals surface area contributed by atoms with Crippen LogP contribution in [0.2, 0.25) is 5.15 Å². The summed E-state index contributed by atoms with van der Waals surface area (Å²) in [6, 6.07) is 8.94. The van der Waals surface area contributed by atoms with E-state index in [0.29, 0.717) is 11.0 Å². The lowest BCUT2D eigenvalue weighted by atomic mass is 10.2. The summed E-state index contributed by atoms with van der Waals surface area (Å²) in [5.74, 6) is -0.0996. The third kappa shape index (κ3) is 1.92. The molecule has 7 heteroatoms. The molecule has 19 heavy (non-hydrogen) atoms. The summed E-state index contributed by atoms with van der Waals surface area (Å²) in [6.45, 7) is 0. The van der Waals surface area contributed by atoms with Crippen LogP contribution in [0, 0.1) is 0 Å². The smallest absolute Gasteiger partial charge is 0.269 e. The van der Waals surface area contributed by atoms with Gasteiger partial charge < -0.3 is 5.73 Å². The van der Waals surface area contributed by atoms with E-state index in [1.165, 1.54) is 10.7 Å². The van der Waals surface area contributed by atoms with Crippen molar-refractivity contribution < 1.29 is 4.79 Å². The molecule has 0 aliphatic rings. The van der Waals surface area contributed by atoms with Crippen molar-refractivity contribution in [2.24, 2.45) is 5.73 Å². The molecule has 0 radical (unpaired) electrons. The Bertz CT molecular complexity index is 783. The third-order valence-corrected chi connectivity index (χ3v) is 2.96. The van der Waals surface area contributed by atoms with Crippen LogP contribution in [0.1, 0.15) is 10.5 Å². The first-order chi connectivity index (χ1) is 9.16. The van der Waals surface area contributed by atoms with Gasteiger partial charge in [-0.15, -0.1) is 10.2 Å². The van der Waals surface area contributed by atoms with Crippen LogP contribution in [0.15, 0.2) is 36.5 Å². The molecule has 3 rings (SSSR count). The van der Waals surface area contributed by atoms with Gasteiger partial charge in [-0.2, -0.15) is 5.10 Å². The molecule has 0 fully saturated rings. The minimum Gasteiger partial charge on any atom is -0.364 e. The van der Waals surface area contributed by atoms with Crippen LogP contribution in [0.25, 0.3) is 16.6 Å². The predicted octanol–water partition coefficient (Wildman–Crippen LogP) is 1.57. The lowest BCUT2D eigenvalue weighted by Gasteiger charge is -2.05. The second-order valence-corrected chi connectivity index (χ2v) is 4.23. The molecule has 1 aromatic carbocycles. The lowest BCUT2D eigenvalue weighted by Crippen LogP contribution is -2.12. The number of benzene rings is 1. The molecular formula is C12H8ClN5O. The van der Waals surface area contributed by atoms with Gasteiger partial charge in [0.05, 0.1) is 0 Å². The molecule has 6 nitrogen and oxygen atoms in total. The third-order valence-electron chi connectivity index (χ3n) is 2.68. The van der Waals surface area contributed by atoms with Crippen molar-refractivity contribution in [1.82, 2.24) is 20.0 Å². The highest BCUT2D eigenvalue weighted by molar-refractivity contribution is 6.34. The van der Waals surface area contributed by atoms with Crippen molar-refractivity contribution in [2.75, 3.05) is 0 Å².